The van der Waals surface area contributed by atoms with E-state index >= 15 is 0 Å². The van der Waals surface area contributed by atoms with Crippen LogP contribution in [-0.2, 0) is 22.4 Å². The van der Waals surface area contributed by atoms with Crippen LogP contribution in [0.3, 0.4) is 0 Å². The van der Waals surface area contributed by atoms with Gasteiger partial charge in [-0.2, -0.15) is 0 Å². The van der Waals surface area contributed by atoms with Crippen LogP contribution in [0.2, 0.25) is 0 Å². The molecule has 0 saturated carbocycles. The molecule has 1 saturated heterocycles. The maximum absolute atomic E-state index is 11.2. The first kappa shape index (κ1) is 21.3. The lowest BCUT2D eigenvalue weighted by Gasteiger charge is -2.26. The zero-order chi connectivity index (χ0) is 21.6. The summed E-state index contributed by atoms with van der Waals surface area (Å²) in [6.07, 6.45) is 0.738. The number of aryl methyl sites for hydroxylation is 1. The predicted octanol–water partition coefficient (Wildman–Crippen LogP) is 4.20. The minimum atomic E-state index is -0.838. The van der Waals surface area contributed by atoms with Gasteiger partial charge in [0.25, 0.3) is 0 Å². The van der Waals surface area contributed by atoms with Gasteiger partial charge in [-0.05, 0) is 35.7 Å². The monoisotopic (exact) mass is 438 g/mol. The number of hydrogen-bond acceptors (Lipinski definition) is 6. The number of carboxylic acid groups (broad SMARTS) is 1. The molecule has 1 aliphatic rings. The molecule has 0 radical (unpaired) electrons. The highest BCUT2D eigenvalue weighted by Crippen LogP contribution is 2.29. The van der Waals surface area contributed by atoms with Crippen molar-refractivity contribution in [3.05, 3.63) is 64.7 Å². The minimum absolute atomic E-state index is 0.00413. The molecule has 2 heterocycles. The van der Waals surface area contributed by atoms with E-state index in [4.69, 9.17) is 14.5 Å². The molecule has 162 valence electrons. The first-order valence-corrected chi connectivity index (χ1v) is 11.2. The van der Waals surface area contributed by atoms with Crippen LogP contribution in [0.4, 0.5) is 5.13 Å². The number of aliphatic carboxylic acids is 1. The first-order chi connectivity index (χ1) is 15.1. The molecular weight excluding hydrogens is 412 g/mol. The standard InChI is InChI=1S/C24H26N2O4S/c1-17-22(25-24(31-17)26-10-13-29-14-11-26)9-12-30-20-7-4-6-18(15-20)21-8-3-2-5-19(21)16-23(27)28/h2-8,15H,9-14,16H2,1H3,(H,27,28). The van der Waals surface area contributed by atoms with Crippen LogP contribution in [0.15, 0.2) is 48.5 Å². The second-order valence-electron chi connectivity index (χ2n) is 7.45. The number of nitrogens with zero attached hydrogens (tertiary/aromatic N) is 2. The highest BCUT2D eigenvalue weighted by Gasteiger charge is 2.17. The number of anilines is 1. The second kappa shape index (κ2) is 9.94. The van der Waals surface area contributed by atoms with Gasteiger partial charge in [0.15, 0.2) is 5.13 Å². The van der Waals surface area contributed by atoms with E-state index in [0.29, 0.717) is 6.61 Å². The van der Waals surface area contributed by atoms with E-state index in [1.165, 1.54) is 4.88 Å². The van der Waals surface area contributed by atoms with E-state index in [9.17, 15) is 9.90 Å². The number of ether oxygens (including phenoxy) is 2. The van der Waals surface area contributed by atoms with Gasteiger partial charge in [-0.25, -0.2) is 4.98 Å². The van der Waals surface area contributed by atoms with E-state index in [-0.39, 0.29) is 6.42 Å². The van der Waals surface area contributed by atoms with Crippen LogP contribution in [0.1, 0.15) is 16.1 Å². The third-order valence-corrected chi connectivity index (χ3v) is 6.35. The number of thiazole rings is 1. The first-order valence-electron chi connectivity index (χ1n) is 10.4. The van der Waals surface area contributed by atoms with E-state index < -0.39 is 5.97 Å². The summed E-state index contributed by atoms with van der Waals surface area (Å²) in [6, 6.07) is 15.4. The molecule has 6 nitrogen and oxygen atoms in total. The topological polar surface area (TPSA) is 71.9 Å². The third-order valence-electron chi connectivity index (χ3n) is 5.27. The lowest BCUT2D eigenvalue weighted by Crippen LogP contribution is -2.36. The van der Waals surface area contributed by atoms with Crippen molar-refractivity contribution in [1.82, 2.24) is 4.98 Å². The molecule has 0 bridgehead atoms. The maximum atomic E-state index is 11.2. The van der Waals surface area contributed by atoms with Crippen molar-refractivity contribution in [2.24, 2.45) is 0 Å². The van der Waals surface area contributed by atoms with Gasteiger partial charge in [0.2, 0.25) is 0 Å². The fourth-order valence-corrected chi connectivity index (χ4v) is 4.68. The van der Waals surface area contributed by atoms with Gasteiger partial charge in [0.05, 0.1) is 31.9 Å². The smallest absolute Gasteiger partial charge is 0.307 e. The van der Waals surface area contributed by atoms with Gasteiger partial charge in [-0.1, -0.05) is 36.4 Å². The zero-order valence-electron chi connectivity index (χ0n) is 17.5. The Bertz CT molecular complexity index is 1040. The van der Waals surface area contributed by atoms with Crippen molar-refractivity contribution in [2.75, 3.05) is 37.8 Å². The summed E-state index contributed by atoms with van der Waals surface area (Å²) in [6.45, 7) is 5.92. The molecule has 0 unspecified atom stereocenters. The van der Waals surface area contributed by atoms with Crippen molar-refractivity contribution < 1.29 is 19.4 Å². The van der Waals surface area contributed by atoms with Crippen LogP contribution >= 0.6 is 11.3 Å². The van der Waals surface area contributed by atoms with Gasteiger partial charge in [-0.15, -0.1) is 11.3 Å². The summed E-state index contributed by atoms with van der Waals surface area (Å²) in [5.41, 5.74) is 3.74. The second-order valence-corrected chi connectivity index (χ2v) is 8.63. The number of carbonyl (C=O) groups is 1. The van der Waals surface area contributed by atoms with Crippen LogP contribution in [0, 0.1) is 6.92 Å². The average molecular weight is 439 g/mol. The number of carboxylic acids is 1. The van der Waals surface area contributed by atoms with Crippen LogP contribution in [0.25, 0.3) is 11.1 Å². The van der Waals surface area contributed by atoms with Crippen molar-refractivity contribution in [3.63, 3.8) is 0 Å². The summed E-state index contributed by atoms with van der Waals surface area (Å²) in [5, 5.41) is 10.2. The highest BCUT2D eigenvalue weighted by molar-refractivity contribution is 7.15. The summed E-state index contributed by atoms with van der Waals surface area (Å²) >= 11 is 1.73. The van der Waals surface area contributed by atoms with Crippen molar-refractivity contribution in [1.29, 1.82) is 0 Å². The minimum Gasteiger partial charge on any atom is -0.493 e. The Morgan fingerprint density at radius 3 is 2.81 bits per heavy atom. The van der Waals surface area contributed by atoms with Gasteiger partial charge in [-0.3, -0.25) is 4.79 Å². The lowest BCUT2D eigenvalue weighted by molar-refractivity contribution is -0.136. The van der Waals surface area contributed by atoms with E-state index in [0.717, 1.165) is 66.0 Å². The number of hydrogen-bond donors (Lipinski definition) is 1. The highest BCUT2D eigenvalue weighted by atomic mass is 32.1. The van der Waals surface area contributed by atoms with E-state index in [1.54, 1.807) is 11.3 Å². The third kappa shape index (κ3) is 5.42. The lowest BCUT2D eigenvalue weighted by atomic mass is 9.97. The summed E-state index contributed by atoms with van der Waals surface area (Å²) in [5.74, 6) is -0.0705. The average Bonchev–Trinajstić information content (AvgIpc) is 3.15. The molecule has 1 aromatic heterocycles. The quantitative estimate of drug-likeness (QED) is 0.568. The Hall–Kier alpha value is -2.90. The normalized spacial score (nSPS) is 13.9. The van der Waals surface area contributed by atoms with E-state index in [2.05, 4.69) is 11.8 Å². The van der Waals surface area contributed by atoms with Crippen LogP contribution in [0.5, 0.6) is 5.75 Å². The Morgan fingerprint density at radius 1 is 1.19 bits per heavy atom. The molecule has 7 heteroatoms. The van der Waals surface area contributed by atoms with Crippen molar-refractivity contribution >= 4 is 22.4 Å². The van der Waals surface area contributed by atoms with Crippen molar-refractivity contribution in [3.8, 4) is 16.9 Å². The predicted molar refractivity (Wildman–Crippen MR) is 122 cm³/mol. The molecule has 4 rings (SSSR count). The van der Waals surface area contributed by atoms with Gasteiger partial charge in [0, 0.05) is 24.4 Å². The van der Waals surface area contributed by atoms with Gasteiger partial charge >= 0.3 is 5.97 Å². The molecule has 2 aromatic carbocycles. The Morgan fingerprint density at radius 2 is 2.00 bits per heavy atom. The molecule has 3 aromatic rings. The van der Waals surface area contributed by atoms with Gasteiger partial charge < -0.3 is 19.5 Å². The summed E-state index contributed by atoms with van der Waals surface area (Å²) in [7, 11) is 0. The zero-order valence-corrected chi connectivity index (χ0v) is 18.4. The number of aromatic nitrogens is 1. The Balaban J connectivity index is 1.41. The molecule has 0 aliphatic carbocycles. The molecule has 0 atom stereocenters. The Kier molecular flexibility index (Phi) is 6.84. The number of benzene rings is 2. The summed E-state index contributed by atoms with van der Waals surface area (Å²) < 4.78 is 11.4. The molecule has 0 spiro atoms. The van der Waals surface area contributed by atoms with Crippen LogP contribution < -0.4 is 9.64 Å². The van der Waals surface area contributed by atoms with Crippen LogP contribution in [-0.4, -0.2) is 49.0 Å². The molecular formula is C24H26N2O4S. The molecule has 0 amide bonds. The molecule has 1 fully saturated rings. The summed E-state index contributed by atoms with van der Waals surface area (Å²) in [4.78, 5) is 19.5. The van der Waals surface area contributed by atoms with Gasteiger partial charge in [0.1, 0.15) is 5.75 Å². The molecule has 1 N–H and O–H groups in total. The fraction of sp³-hybridized carbons (Fsp3) is 0.333. The fourth-order valence-electron chi connectivity index (χ4n) is 3.67. The number of rotatable bonds is 8. The van der Waals surface area contributed by atoms with Crippen molar-refractivity contribution in [2.45, 2.75) is 19.8 Å². The molecule has 1 aliphatic heterocycles. The SMILES string of the molecule is Cc1sc(N2CCOCC2)nc1CCOc1cccc(-c2ccccc2CC(=O)O)c1. The Labute approximate surface area is 186 Å². The maximum Gasteiger partial charge on any atom is 0.307 e. The number of morpholine rings is 1. The van der Waals surface area contributed by atoms with E-state index in [1.807, 2.05) is 48.5 Å². The largest absolute Gasteiger partial charge is 0.493 e. The molecule has 31 heavy (non-hydrogen) atoms.